The van der Waals surface area contributed by atoms with Crippen LogP contribution in [0.1, 0.15) is 45.9 Å². The maximum absolute atomic E-state index is 13.1. The molecule has 1 aromatic heterocycles. The van der Waals surface area contributed by atoms with E-state index in [9.17, 15) is 9.18 Å². The molecule has 0 aliphatic carbocycles. The molecule has 0 saturated carbocycles. The SMILES string of the molecule is C/C(=C\c1ccc(CN2CCN(C(=O)/C=C/c3cc(C)c(Oc4ccc(OCc5ccc(F)cc5)cn4)c(C)c3)CC2)cc1)COc1ccc(C)cc1.Cl. The zero-order valence-corrected chi connectivity index (χ0v) is 32.1. The molecule has 9 heteroatoms. The van der Waals surface area contributed by atoms with Crippen LogP contribution in [0.15, 0.2) is 115 Å². The summed E-state index contributed by atoms with van der Waals surface area (Å²) in [6.45, 7) is 12.9. The summed E-state index contributed by atoms with van der Waals surface area (Å²) in [7, 11) is 0. The van der Waals surface area contributed by atoms with E-state index in [0.29, 0.717) is 37.9 Å². The number of nitrogens with zero attached hydrogens (tertiary/aromatic N) is 3. The zero-order chi connectivity index (χ0) is 37.2. The Labute approximate surface area is 324 Å². The molecule has 1 amide bonds. The average Bonchev–Trinajstić information content (AvgIpc) is 3.16. The zero-order valence-electron chi connectivity index (χ0n) is 31.3. The Bertz CT molecular complexity index is 2020. The minimum Gasteiger partial charge on any atom is -0.489 e. The van der Waals surface area contributed by atoms with Crippen LogP contribution in [-0.4, -0.2) is 53.5 Å². The predicted octanol–water partition coefficient (Wildman–Crippen LogP) is 9.78. The van der Waals surface area contributed by atoms with Gasteiger partial charge in [-0.15, -0.1) is 12.4 Å². The van der Waals surface area contributed by atoms with Gasteiger partial charge in [-0.1, -0.05) is 60.2 Å². The number of halogens is 2. The third-order valence-electron chi connectivity index (χ3n) is 9.11. The first-order valence-electron chi connectivity index (χ1n) is 17.9. The molecule has 0 atom stereocenters. The summed E-state index contributed by atoms with van der Waals surface area (Å²) in [5.74, 6) is 2.38. The summed E-state index contributed by atoms with van der Waals surface area (Å²) in [5.41, 5.74) is 8.47. The van der Waals surface area contributed by atoms with E-state index in [1.165, 1.54) is 23.3 Å². The highest BCUT2D eigenvalue weighted by Crippen LogP contribution is 2.30. The third kappa shape index (κ3) is 11.5. The monoisotopic (exact) mass is 747 g/mol. The maximum Gasteiger partial charge on any atom is 0.246 e. The van der Waals surface area contributed by atoms with Crippen molar-refractivity contribution in [2.45, 2.75) is 40.8 Å². The molecular weight excluding hydrogens is 701 g/mol. The second kappa shape index (κ2) is 19.1. The fourth-order valence-electron chi connectivity index (χ4n) is 6.14. The Morgan fingerprint density at radius 3 is 2.07 bits per heavy atom. The van der Waals surface area contributed by atoms with Crippen LogP contribution in [-0.2, 0) is 17.9 Å². The van der Waals surface area contributed by atoms with Gasteiger partial charge in [-0.25, -0.2) is 9.37 Å². The lowest BCUT2D eigenvalue weighted by molar-refractivity contribution is -0.127. The van der Waals surface area contributed by atoms with Crippen molar-refractivity contribution >= 4 is 30.5 Å². The Morgan fingerprint density at radius 2 is 1.43 bits per heavy atom. The number of aryl methyl sites for hydroxylation is 3. The van der Waals surface area contributed by atoms with E-state index < -0.39 is 0 Å². The van der Waals surface area contributed by atoms with Gasteiger partial charge >= 0.3 is 0 Å². The van der Waals surface area contributed by atoms with Gasteiger partial charge in [0.1, 0.15) is 36.3 Å². The van der Waals surface area contributed by atoms with E-state index in [-0.39, 0.29) is 24.1 Å². The third-order valence-corrected chi connectivity index (χ3v) is 9.11. The van der Waals surface area contributed by atoms with Crippen LogP contribution in [0.2, 0.25) is 0 Å². The van der Waals surface area contributed by atoms with E-state index in [2.05, 4.69) is 66.2 Å². The number of piperazine rings is 1. The van der Waals surface area contributed by atoms with Crippen LogP contribution in [0.25, 0.3) is 12.2 Å². The first kappa shape index (κ1) is 39.8. The fourth-order valence-corrected chi connectivity index (χ4v) is 6.14. The number of carbonyl (C=O) groups is 1. The van der Waals surface area contributed by atoms with E-state index in [0.717, 1.165) is 64.5 Å². The topological polar surface area (TPSA) is 64.1 Å². The Kier molecular flexibility index (Phi) is 14.0. The smallest absolute Gasteiger partial charge is 0.246 e. The first-order chi connectivity index (χ1) is 25.7. The van der Waals surface area contributed by atoms with Crippen LogP contribution in [0.5, 0.6) is 23.1 Å². The quantitative estimate of drug-likeness (QED) is 0.112. The van der Waals surface area contributed by atoms with Gasteiger partial charge in [0.25, 0.3) is 0 Å². The van der Waals surface area contributed by atoms with Crippen molar-refractivity contribution in [1.29, 1.82) is 0 Å². The summed E-state index contributed by atoms with van der Waals surface area (Å²) >= 11 is 0. The Morgan fingerprint density at radius 1 is 0.778 bits per heavy atom. The van der Waals surface area contributed by atoms with Crippen molar-refractivity contribution in [1.82, 2.24) is 14.8 Å². The molecule has 5 aromatic rings. The molecule has 4 aromatic carbocycles. The molecule has 7 nitrogen and oxygen atoms in total. The van der Waals surface area contributed by atoms with E-state index in [4.69, 9.17) is 14.2 Å². The van der Waals surface area contributed by atoms with Crippen molar-refractivity contribution in [3.05, 3.63) is 160 Å². The largest absolute Gasteiger partial charge is 0.489 e. The van der Waals surface area contributed by atoms with Crippen LogP contribution in [0.3, 0.4) is 0 Å². The molecule has 54 heavy (non-hydrogen) atoms. The summed E-state index contributed by atoms with van der Waals surface area (Å²) in [4.78, 5) is 21.8. The van der Waals surface area contributed by atoms with Gasteiger partial charge in [0.15, 0.2) is 0 Å². The highest BCUT2D eigenvalue weighted by Gasteiger charge is 2.20. The number of hydrogen-bond donors (Lipinski definition) is 0. The van der Waals surface area contributed by atoms with Crippen molar-refractivity contribution in [3.8, 4) is 23.1 Å². The maximum atomic E-state index is 13.1. The number of amides is 1. The molecule has 2 heterocycles. The minimum absolute atomic E-state index is 0. The molecule has 0 spiro atoms. The normalized spacial score (nSPS) is 13.4. The molecular formula is C45H47ClFN3O4. The molecule has 1 aliphatic heterocycles. The minimum atomic E-state index is -0.278. The highest BCUT2D eigenvalue weighted by molar-refractivity contribution is 5.92. The summed E-state index contributed by atoms with van der Waals surface area (Å²) in [6, 6.07) is 30.5. The van der Waals surface area contributed by atoms with E-state index in [1.807, 2.05) is 49.1 Å². The standard InChI is InChI=1S/C45H46FN3O4.ClH/c1-32-5-16-41(17-6-32)51-30-33(2)25-36-7-9-37(10-8-36)29-48-21-23-49(24-22-48)44(50)20-13-39-26-34(3)45(35(4)27-39)53-43-19-18-42(28-47-43)52-31-38-11-14-40(46)15-12-38;/h5-20,25-28H,21-24,29-31H2,1-4H3;1H/b20-13+,33-25+;. The molecule has 280 valence electrons. The molecule has 1 fully saturated rings. The Hall–Kier alpha value is -5.44. The number of ether oxygens (including phenoxy) is 3. The molecule has 0 radical (unpaired) electrons. The molecule has 0 bridgehead atoms. The van der Waals surface area contributed by atoms with Crippen LogP contribution < -0.4 is 14.2 Å². The summed E-state index contributed by atoms with van der Waals surface area (Å²) < 4.78 is 30.9. The van der Waals surface area contributed by atoms with Crippen molar-refractivity contribution in [3.63, 3.8) is 0 Å². The van der Waals surface area contributed by atoms with Gasteiger partial charge in [0.05, 0.1) is 6.20 Å². The second-order valence-corrected chi connectivity index (χ2v) is 13.6. The number of benzene rings is 4. The first-order valence-corrected chi connectivity index (χ1v) is 17.9. The molecule has 0 N–H and O–H groups in total. The predicted molar refractivity (Wildman–Crippen MR) is 216 cm³/mol. The highest BCUT2D eigenvalue weighted by atomic mass is 35.5. The fraction of sp³-hybridized carbons (Fsp3) is 0.244. The van der Waals surface area contributed by atoms with Gasteiger partial charge < -0.3 is 19.1 Å². The van der Waals surface area contributed by atoms with Crippen LogP contribution >= 0.6 is 12.4 Å². The van der Waals surface area contributed by atoms with Crippen molar-refractivity contribution < 1.29 is 23.4 Å². The van der Waals surface area contributed by atoms with Gasteiger partial charge in [0.2, 0.25) is 11.8 Å². The second-order valence-electron chi connectivity index (χ2n) is 13.6. The number of rotatable bonds is 13. The van der Waals surface area contributed by atoms with E-state index in [1.54, 1.807) is 36.5 Å². The van der Waals surface area contributed by atoms with E-state index >= 15 is 0 Å². The van der Waals surface area contributed by atoms with Crippen molar-refractivity contribution in [2.75, 3.05) is 32.8 Å². The lowest BCUT2D eigenvalue weighted by Crippen LogP contribution is -2.47. The lowest BCUT2D eigenvalue weighted by Gasteiger charge is -2.34. The van der Waals surface area contributed by atoms with Gasteiger partial charge in [-0.2, -0.15) is 0 Å². The number of aromatic nitrogens is 1. The molecule has 1 aliphatic rings. The molecule has 0 unspecified atom stereocenters. The average molecular weight is 748 g/mol. The number of pyridine rings is 1. The van der Waals surface area contributed by atoms with Crippen molar-refractivity contribution in [2.24, 2.45) is 0 Å². The molecule has 6 rings (SSSR count). The Balaban J connectivity index is 0.00000561. The lowest BCUT2D eigenvalue weighted by atomic mass is 10.1. The van der Waals surface area contributed by atoms with Crippen LogP contribution in [0, 0.1) is 26.6 Å². The summed E-state index contributed by atoms with van der Waals surface area (Å²) in [6.07, 6.45) is 7.30. The number of carbonyl (C=O) groups excluding carboxylic acids is 1. The van der Waals surface area contributed by atoms with Gasteiger partial charge in [0, 0.05) is 44.9 Å². The number of hydrogen-bond acceptors (Lipinski definition) is 6. The van der Waals surface area contributed by atoms with Gasteiger partial charge in [-0.05, 0) is 115 Å². The molecule has 1 saturated heterocycles. The van der Waals surface area contributed by atoms with Gasteiger partial charge in [-0.3, -0.25) is 9.69 Å². The summed E-state index contributed by atoms with van der Waals surface area (Å²) in [5, 5.41) is 0. The van der Waals surface area contributed by atoms with Crippen LogP contribution in [0.4, 0.5) is 4.39 Å².